The van der Waals surface area contributed by atoms with Gasteiger partial charge in [0.05, 0.1) is 10.9 Å². The van der Waals surface area contributed by atoms with E-state index >= 15 is 0 Å². The Balaban J connectivity index is 1.74. The lowest BCUT2D eigenvalue weighted by molar-refractivity contribution is 0.471. The molecule has 0 aliphatic carbocycles. The maximum atomic E-state index is 10.1. The van der Waals surface area contributed by atoms with E-state index in [0.29, 0.717) is 11.6 Å². The van der Waals surface area contributed by atoms with Gasteiger partial charge < -0.3 is 15.7 Å². The maximum Gasteiger partial charge on any atom is 0.161 e. The Labute approximate surface area is 169 Å². The van der Waals surface area contributed by atoms with Gasteiger partial charge in [0.15, 0.2) is 11.6 Å². The number of phenols is 1. The van der Waals surface area contributed by atoms with Crippen molar-refractivity contribution in [3.05, 3.63) is 47.3 Å². The van der Waals surface area contributed by atoms with E-state index in [-0.39, 0.29) is 5.75 Å². The molecule has 0 radical (unpaired) electrons. The number of nitrogens with zero attached hydrogens (tertiary/aromatic N) is 5. The Bertz CT molecular complexity index is 1210. The van der Waals surface area contributed by atoms with Crippen molar-refractivity contribution in [3.8, 4) is 5.75 Å². The van der Waals surface area contributed by atoms with E-state index in [1.54, 1.807) is 10.7 Å². The average molecular weight is 391 g/mol. The minimum Gasteiger partial charge on any atom is -0.508 e. The summed E-state index contributed by atoms with van der Waals surface area (Å²) in [5.41, 5.74) is 4.71. The van der Waals surface area contributed by atoms with Gasteiger partial charge in [-0.15, -0.1) is 0 Å². The summed E-state index contributed by atoms with van der Waals surface area (Å²) in [4.78, 5) is 4.56. The molecule has 0 aliphatic rings. The van der Waals surface area contributed by atoms with Gasteiger partial charge in [-0.3, -0.25) is 9.36 Å². The second kappa shape index (κ2) is 7.12. The highest BCUT2D eigenvalue weighted by molar-refractivity contribution is 5.93. The van der Waals surface area contributed by atoms with Crippen molar-refractivity contribution < 1.29 is 5.11 Å². The molecule has 0 saturated heterocycles. The monoisotopic (exact) mass is 391 g/mol. The van der Waals surface area contributed by atoms with Crippen LogP contribution in [0.4, 0.5) is 23.1 Å². The number of anilines is 4. The lowest BCUT2D eigenvalue weighted by atomic mass is 10.1. The van der Waals surface area contributed by atoms with Crippen LogP contribution in [-0.2, 0) is 13.6 Å². The number of aryl methyl sites for hydroxylation is 4. The topological polar surface area (TPSA) is 92.8 Å². The van der Waals surface area contributed by atoms with Gasteiger partial charge in [0.1, 0.15) is 11.6 Å². The van der Waals surface area contributed by atoms with E-state index in [0.717, 1.165) is 45.6 Å². The summed E-state index contributed by atoms with van der Waals surface area (Å²) in [7, 11) is 1.89. The fourth-order valence-electron chi connectivity index (χ4n) is 3.47. The van der Waals surface area contributed by atoms with Gasteiger partial charge in [-0.05, 0) is 39.3 Å². The summed E-state index contributed by atoms with van der Waals surface area (Å²) in [6.45, 7) is 8.67. The second-order valence-electron chi connectivity index (χ2n) is 7.24. The minimum atomic E-state index is 0.257. The Morgan fingerprint density at radius 2 is 1.83 bits per heavy atom. The van der Waals surface area contributed by atoms with Crippen LogP contribution >= 0.6 is 0 Å². The highest BCUT2D eigenvalue weighted by Crippen LogP contribution is 2.33. The van der Waals surface area contributed by atoms with Crippen LogP contribution in [0, 0.1) is 20.8 Å². The van der Waals surface area contributed by atoms with Crippen LogP contribution in [0.3, 0.4) is 0 Å². The van der Waals surface area contributed by atoms with E-state index < -0.39 is 0 Å². The van der Waals surface area contributed by atoms with E-state index in [1.807, 2.05) is 57.0 Å². The Kier molecular flexibility index (Phi) is 4.62. The number of pyridine rings is 1. The van der Waals surface area contributed by atoms with Crippen molar-refractivity contribution in [1.82, 2.24) is 24.5 Å². The summed E-state index contributed by atoms with van der Waals surface area (Å²) in [5.74, 6) is 2.47. The van der Waals surface area contributed by atoms with Gasteiger partial charge in [-0.1, -0.05) is 6.07 Å². The van der Waals surface area contributed by atoms with Crippen molar-refractivity contribution in [3.63, 3.8) is 0 Å². The fraction of sp³-hybridized carbons (Fsp3) is 0.286. The molecule has 3 N–H and O–H groups in total. The molecule has 3 aromatic heterocycles. The molecule has 0 aliphatic heterocycles. The number of aromatic hydroxyl groups is 1. The molecule has 4 rings (SSSR count). The zero-order chi connectivity index (χ0) is 20.7. The predicted octanol–water partition coefficient (Wildman–Crippen LogP) is 4.30. The maximum absolute atomic E-state index is 10.1. The van der Waals surface area contributed by atoms with Gasteiger partial charge >= 0.3 is 0 Å². The molecule has 0 unspecified atom stereocenters. The second-order valence-corrected chi connectivity index (χ2v) is 7.24. The lowest BCUT2D eigenvalue weighted by Crippen LogP contribution is -2.00. The Morgan fingerprint density at radius 3 is 2.52 bits per heavy atom. The van der Waals surface area contributed by atoms with E-state index in [2.05, 4.69) is 27.6 Å². The molecule has 4 aromatic rings. The normalized spacial score (nSPS) is 11.2. The SMILES string of the molecule is CCn1nc(Nc2c(C)ccc(O)c2C)c2cnc(Nc3nn(C)cc3C)cc21. The van der Waals surface area contributed by atoms with Gasteiger partial charge in [-0.2, -0.15) is 10.2 Å². The summed E-state index contributed by atoms with van der Waals surface area (Å²) < 4.78 is 3.71. The number of hydrogen-bond donors (Lipinski definition) is 3. The average Bonchev–Trinajstić information content (AvgIpc) is 3.20. The van der Waals surface area contributed by atoms with Crippen LogP contribution < -0.4 is 10.6 Å². The largest absolute Gasteiger partial charge is 0.508 e. The number of rotatable bonds is 5. The summed E-state index contributed by atoms with van der Waals surface area (Å²) in [6.07, 6.45) is 3.77. The first kappa shape index (κ1) is 18.8. The number of phenolic OH excluding ortho intramolecular Hbond substituents is 1. The number of benzene rings is 1. The molecular weight excluding hydrogens is 366 g/mol. The number of aromatic nitrogens is 5. The third-order valence-corrected chi connectivity index (χ3v) is 5.08. The van der Waals surface area contributed by atoms with Crippen molar-refractivity contribution in [1.29, 1.82) is 0 Å². The quantitative estimate of drug-likeness (QED) is 0.470. The molecule has 3 heterocycles. The molecule has 0 spiro atoms. The van der Waals surface area contributed by atoms with E-state index in [4.69, 9.17) is 5.10 Å². The van der Waals surface area contributed by atoms with Crippen LogP contribution in [0.1, 0.15) is 23.6 Å². The molecule has 8 nitrogen and oxygen atoms in total. The molecule has 0 bridgehead atoms. The molecule has 0 fully saturated rings. The van der Waals surface area contributed by atoms with E-state index in [9.17, 15) is 5.11 Å². The zero-order valence-electron chi connectivity index (χ0n) is 17.3. The van der Waals surface area contributed by atoms with Crippen LogP contribution in [0.2, 0.25) is 0 Å². The molecule has 0 saturated carbocycles. The van der Waals surface area contributed by atoms with E-state index in [1.165, 1.54) is 0 Å². The Hall–Kier alpha value is -3.55. The zero-order valence-corrected chi connectivity index (χ0v) is 17.3. The van der Waals surface area contributed by atoms with Gasteiger partial charge in [0, 0.05) is 48.9 Å². The Morgan fingerprint density at radius 1 is 1.03 bits per heavy atom. The number of hydrogen-bond acceptors (Lipinski definition) is 6. The molecule has 8 heteroatoms. The summed E-state index contributed by atoms with van der Waals surface area (Å²) in [6, 6.07) is 5.57. The number of fused-ring (bicyclic) bond motifs is 1. The number of nitrogens with one attached hydrogen (secondary N) is 2. The summed E-state index contributed by atoms with van der Waals surface area (Å²) in [5, 5.41) is 26.8. The van der Waals surface area contributed by atoms with Crippen molar-refractivity contribution >= 4 is 34.0 Å². The molecule has 29 heavy (non-hydrogen) atoms. The first-order valence-electron chi connectivity index (χ1n) is 9.57. The predicted molar refractivity (Wildman–Crippen MR) is 115 cm³/mol. The minimum absolute atomic E-state index is 0.257. The first-order valence-corrected chi connectivity index (χ1v) is 9.57. The van der Waals surface area contributed by atoms with Gasteiger partial charge in [0.25, 0.3) is 0 Å². The molecule has 0 amide bonds. The lowest BCUT2D eigenvalue weighted by Gasteiger charge is -2.12. The molecule has 0 atom stereocenters. The highest BCUT2D eigenvalue weighted by atomic mass is 16.3. The van der Waals surface area contributed by atoms with Crippen molar-refractivity contribution in [2.45, 2.75) is 34.2 Å². The standard InChI is InChI=1S/C21H25N7O/c1-6-28-16-9-18(23-20-13(3)11-27(5)25-20)22-10-15(16)21(26-28)24-19-12(2)7-8-17(29)14(19)4/h7-11,29H,6H2,1-5H3,(H,24,26)(H,22,23,25). The van der Waals surface area contributed by atoms with Crippen LogP contribution in [0.25, 0.3) is 10.9 Å². The van der Waals surface area contributed by atoms with Crippen molar-refractivity contribution in [2.24, 2.45) is 7.05 Å². The van der Waals surface area contributed by atoms with Crippen molar-refractivity contribution in [2.75, 3.05) is 10.6 Å². The smallest absolute Gasteiger partial charge is 0.161 e. The third-order valence-electron chi connectivity index (χ3n) is 5.08. The van der Waals surface area contributed by atoms with Gasteiger partial charge in [0.2, 0.25) is 0 Å². The fourth-order valence-corrected chi connectivity index (χ4v) is 3.47. The van der Waals surface area contributed by atoms with Crippen LogP contribution in [0.15, 0.2) is 30.6 Å². The molecule has 150 valence electrons. The summed E-state index contributed by atoms with van der Waals surface area (Å²) >= 11 is 0. The highest BCUT2D eigenvalue weighted by Gasteiger charge is 2.15. The van der Waals surface area contributed by atoms with Crippen LogP contribution in [-0.4, -0.2) is 29.7 Å². The van der Waals surface area contributed by atoms with Gasteiger partial charge in [-0.25, -0.2) is 4.98 Å². The molecular formula is C21H25N7O. The third kappa shape index (κ3) is 3.37. The first-order chi connectivity index (χ1) is 13.9. The molecule has 1 aromatic carbocycles. The van der Waals surface area contributed by atoms with Crippen LogP contribution in [0.5, 0.6) is 5.75 Å².